The van der Waals surface area contributed by atoms with E-state index >= 15 is 0 Å². The second-order valence-electron chi connectivity index (χ2n) is 4.91. The minimum atomic E-state index is -0.343. The number of hydrogen-bond acceptors (Lipinski definition) is 5. The molecular formula is C16H13ClN4O2. The standard InChI is InChI=1S/C16H13ClN4O2/c1-10-4-6-11(7-5-10)16-20-13(21-23-16)9-19-15(22)12-3-2-8-18-14(12)17/h2-8H,9H2,1H3,(H,19,22). The molecule has 0 unspecified atom stereocenters. The summed E-state index contributed by atoms with van der Waals surface area (Å²) in [6.07, 6.45) is 1.52. The molecule has 0 aliphatic carbocycles. The smallest absolute Gasteiger partial charge is 0.257 e. The number of nitrogens with one attached hydrogen (secondary N) is 1. The lowest BCUT2D eigenvalue weighted by atomic mass is 10.1. The molecule has 0 atom stereocenters. The number of nitrogens with zero attached hydrogens (tertiary/aromatic N) is 3. The molecule has 0 saturated carbocycles. The molecule has 0 fully saturated rings. The third kappa shape index (κ3) is 3.54. The van der Waals surface area contributed by atoms with Crippen LogP contribution >= 0.6 is 11.6 Å². The normalized spacial score (nSPS) is 10.5. The van der Waals surface area contributed by atoms with Crippen molar-refractivity contribution in [1.82, 2.24) is 20.4 Å². The van der Waals surface area contributed by atoms with E-state index in [9.17, 15) is 4.79 Å². The molecule has 0 aliphatic heterocycles. The average molecular weight is 329 g/mol. The van der Waals surface area contributed by atoms with E-state index in [-0.39, 0.29) is 17.6 Å². The third-order valence-corrected chi connectivity index (χ3v) is 3.48. The maximum absolute atomic E-state index is 12.0. The quantitative estimate of drug-likeness (QED) is 0.744. The van der Waals surface area contributed by atoms with Crippen LogP contribution in [0.3, 0.4) is 0 Å². The van der Waals surface area contributed by atoms with Gasteiger partial charge in [0.15, 0.2) is 5.82 Å². The van der Waals surface area contributed by atoms with Crippen LogP contribution in [0.5, 0.6) is 0 Å². The molecule has 116 valence electrons. The lowest BCUT2D eigenvalue weighted by molar-refractivity contribution is 0.0949. The Hall–Kier alpha value is -2.73. The van der Waals surface area contributed by atoms with Gasteiger partial charge in [-0.3, -0.25) is 4.79 Å². The Kier molecular flexibility index (Phi) is 4.34. The number of carbonyl (C=O) groups is 1. The number of pyridine rings is 1. The molecule has 2 aromatic heterocycles. The van der Waals surface area contributed by atoms with Gasteiger partial charge in [-0.25, -0.2) is 4.98 Å². The number of benzene rings is 1. The summed E-state index contributed by atoms with van der Waals surface area (Å²) in [6, 6.07) is 11.0. The third-order valence-electron chi connectivity index (χ3n) is 3.18. The number of carbonyl (C=O) groups excluding carboxylic acids is 1. The molecule has 0 spiro atoms. The highest BCUT2D eigenvalue weighted by Crippen LogP contribution is 2.17. The van der Waals surface area contributed by atoms with Gasteiger partial charge in [-0.15, -0.1) is 0 Å². The number of aromatic nitrogens is 3. The second-order valence-corrected chi connectivity index (χ2v) is 5.26. The van der Waals surface area contributed by atoms with Gasteiger partial charge in [-0.1, -0.05) is 34.5 Å². The zero-order chi connectivity index (χ0) is 16.2. The van der Waals surface area contributed by atoms with Crippen molar-refractivity contribution >= 4 is 17.5 Å². The van der Waals surface area contributed by atoms with E-state index in [0.29, 0.717) is 17.3 Å². The molecule has 1 N–H and O–H groups in total. The Morgan fingerprint density at radius 1 is 1.26 bits per heavy atom. The zero-order valence-corrected chi connectivity index (χ0v) is 13.0. The van der Waals surface area contributed by atoms with Crippen LogP contribution in [-0.4, -0.2) is 21.0 Å². The minimum Gasteiger partial charge on any atom is -0.345 e. The average Bonchev–Trinajstić information content (AvgIpc) is 3.03. The summed E-state index contributed by atoms with van der Waals surface area (Å²) in [5, 5.41) is 6.69. The van der Waals surface area contributed by atoms with Gasteiger partial charge in [0.2, 0.25) is 0 Å². The summed E-state index contributed by atoms with van der Waals surface area (Å²) in [5.74, 6) is 0.451. The lowest BCUT2D eigenvalue weighted by Gasteiger charge is -2.03. The molecule has 1 amide bonds. The van der Waals surface area contributed by atoms with E-state index in [0.717, 1.165) is 11.1 Å². The molecular weight excluding hydrogens is 316 g/mol. The summed E-state index contributed by atoms with van der Waals surface area (Å²) >= 11 is 5.88. The van der Waals surface area contributed by atoms with Crippen molar-refractivity contribution in [3.05, 3.63) is 64.7 Å². The first-order valence-electron chi connectivity index (χ1n) is 6.92. The second kappa shape index (κ2) is 6.58. The van der Waals surface area contributed by atoms with E-state index in [1.54, 1.807) is 12.1 Å². The summed E-state index contributed by atoms with van der Waals surface area (Å²) in [6.45, 7) is 2.14. The molecule has 0 aliphatic rings. The first-order chi connectivity index (χ1) is 11.1. The molecule has 0 radical (unpaired) electrons. The summed E-state index contributed by atoms with van der Waals surface area (Å²) in [7, 11) is 0. The predicted molar refractivity (Wildman–Crippen MR) is 84.9 cm³/mol. The van der Waals surface area contributed by atoms with Crippen LogP contribution in [0.25, 0.3) is 11.5 Å². The van der Waals surface area contributed by atoms with E-state index in [1.807, 2.05) is 31.2 Å². The Bertz CT molecular complexity index is 830. The SMILES string of the molecule is Cc1ccc(-c2nc(CNC(=O)c3cccnc3Cl)no2)cc1. The van der Waals surface area contributed by atoms with E-state index in [1.165, 1.54) is 6.20 Å². The van der Waals surface area contributed by atoms with Gasteiger partial charge in [0.05, 0.1) is 12.1 Å². The van der Waals surface area contributed by atoms with E-state index < -0.39 is 0 Å². The van der Waals surface area contributed by atoms with Crippen molar-refractivity contribution in [3.8, 4) is 11.5 Å². The molecule has 0 bridgehead atoms. The molecule has 23 heavy (non-hydrogen) atoms. The maximum Gasteiger partial charge on any atom is 0.257 e. The van der Waals surface area contributed by atoms with Crippen molar-refractivity contribution in [2.24, 2.45) is 0 Å². The number of halogens is 1. The first kappa shape index (κ1) is 15.2. The monoisotopic (exact) mass is 328 g/mol. The van der Waals surface area contributed by atoms with E-state index in [2.05, 4.69) is 20.4 Å². The number of hydrogen-bond donors (Lipinski definition) is 1. The van der Waals surface area contributed by atoms with Crippen LogP contribution in [0.4, 0.5) is 0 Å². The molecule has 3 rings (SSSR count). The van der Waals surface area contributed by atoms with Crippen LogP contribution in [0.2, 0.25) is 5.15 Å². The number of amides is 1. The molecule has 7 heteroatoms. The van der Waals surface area contributed by atoms with Gasteiger partial charge in [0, 0.05) is 11.8 Å². The zero-order valence-electron chi connectivity index (χ0n) is 12.3. The Labute approximate surface area is 137 Å². The Morgan fingerprint density at radius 2 is 2.04 bits per heavy atom. The molecule has 6 nitrogen and oxygen atoms in total. The van der Waals surface area contributed by atoms with Gasteiger partial charge < -0.3 is 9.84 Å². The van der Waals surface area contributed by atoms with Crippen molar-refractivity contribution < 1.29 is 9.32 Å². The summed E-state index contributed by atoms with van der Waals surface area (Å²) in [5.41, 5.74) is 2.28. The van der Waals surface area contributed by atoms with Crippen LogP contribution < -0.4 is 5.32 Å². The molecule has 2 heterocycles. The fourth-order valence-electron chi connectivity index (χ4n) is 1.95. The van der Waals surface area contributed by atoms with Crippen molar-refractivity contribution in [2.75, 3.05) is 0 Å². The minimum absolute atomic E-state index is 0.138. The van der Waals surface area contributed by atoms with E-state index in [4.69, 9.17) is 16.1 Å². The van der Waals surface area contributed by atoms with Gasteiger partial charge >= 0.3 is 0 Å². The first-order valence-corrected chi connectivity index (χ1v) is 7.29. The largest absolute Gasteiger partial charge is 0.345 e. The number of rotatable bonds is 4. The van der Waals surface area contributed by atoms with Crippen LogP contribution in [0, 0.1) is 6.92 Å². The highest BCUT2D eigenvalue weighted by atomic mass is 35.5. The summed E-state index contributed by atoms with van der Waals surface area (Å²) < 4.78 is 5.20. The van der Waals surface area contributed by atoms with Crippen molar-refractivity contribution in [1.29, 1.82) is 0 Å². The van der Waals surface area contributed by atoms with Gasteiger partial charge in [0.1, 0.15) is 5.15 Å². The Morgan fingerprint density at radius 3 is 2.78 bits per heavy atom. The van der Waals surface area contributed by atoms with Gasteiger partial charge in [-0.05, 0) is 31.2 Å². The van der Waals surface area contributed by atoms with Gasteiger partial charge in [-0.2, -0.15) is 4.98 Å². The predicted octanol–water partition coefficient (Wildman–Crippen LogP) is 3.02. The fourth-order valence-corrected chi connectivity index (χ4v) is 2.15. The van der Waals surface area contributed by atoms with Crippen molar-refractivity contribution in [2.45, 2.75) is 13.5 Å². The highest BCUT2D eigenvalue weighted by Gasteiger charge is 2.13. The number of aryl methyl sites for hydroxylation is 1. The van der Waals surface area contributed by atoms with Crippen LogP contribution in [0.15, 0.2) is 47.1 Å². The lowest BCUT2D eigenvalue weighted by Crippen LogP contribution is -2.23. The topological polar surface area (TPSA) is 80.9 Å². The van der Waals surface area contributed by atoms with Crippen molar-refractivity contribution in [3.63, 3.8) is 0 Å². The molecule has 3 aromatic rings. The molecule has 1 aromatic carbocycles. The fraction of sp³-hybridized carbons (Fsp3) is 0.125. The van der Waals surface area contributed by atoms with Crippen LogP contribution in [0.1, 0.15) is 21.7 Å². The van der Waals surface area contributed by atoms with Crippen LogP contribution in [-0.2, 0) is 6.54 Å². The summed E-state index contributed by atoms with van der Waals surface area (Å²) in [4.78, 5) is 20.1. The molecule has 0 saturated heterocycles. The van der Waals surface area contributed by atoms with Gasteiger partial charge in [0.25, 0.3) is 11.8 Å². The highest BCUT2D eigenvalue weighted by molar-refractivity contribution is 6.32. The Balaban J connectivity index is 1.67. The maximum atomic E-state index is 12.0.